The number of H-pyrrole nitrogens is 1. The highest BCUT2D eigenvalue weighted by Crippen LogP contribution is 2.37. The number of aromatic nitrogens is 3. The Balaban J connectivity index is 1.47. The lowest BCUT2D eigenvalue weighted by Gasteiger charge is -2.41. The molecule has 0 bridgehead atoms. The van der Waals surface area contributed by atoms with E-state index in [0.717, 1.165) is 35.4 Å². The third-order valence-electron chi connectivity index (χ3n) is 4.31. The highest BCUT2D eigenvalue weighted by Gasteiger charge is 2.33. The van der Waals surface area contributed by atoms with Crippen molar-refractivity contribution in [1.82, 2.24) is 15.0 Å². The van der Waals surface area contributed by atoms with Gasteiger partial charge in [0.25, 0.3) is 0 Å². The SMILES string of the molecule is CN(c1ncnc2[nH]ccc12)[C@H]1C[C@@H](CSCCC(F)(F)F)C1. The third kappa shape index (κ3) is 3.91. The number of hydrogen-bond acceptors (Lipinski definition) is 4. The molecule has 0 radical (unpaired) electrons. The molecule has 0 aromatic carbocycles. The van der Waals surface area contributed by atoms with Gasteiger partial charge in [-0.25, -0.2) is 9.97 Å². The molecule has 23 heavy (non-hydrogen) atoms. The molecule has 8 heteroatoms. The number of aromatic amines is 1. The molecule has 1 saturated carbocycles. The smallest absolute Gasteiger partial charge is 0.356 e. The van der Waals surface area contributed by atoms with E-state index in [-0.39, 0.29) is 5.75 Å². The summed E-state index contributed by atoms with van der Waals surface area (Å²) in [4.78, 5) is 13.8. The lowest BCUT2D eigenvalue weighted by atomic mass is 9.81. The van der Waals surface area contributed by atoms with Crippen LogP contribution in [0.5, 0.6) is 0 Å². The number of rotatable bonds is 6. The first kappa shape index (κ1) is 16.4. The van der Waals surface area contributed by atoms with E-state index in [0.29, 0.717) is 12.0 Å². The van der Waals surface area contributed by atoms with Crippen molar-refractivity contribution >= 4 is 28.6 Å². The molecule has 1 aliphatic rings. The van der Waals surface area contributed by atoms with Gasteiger partial charge in [0.2, 0.25) is 0 Å². The lowest BCUT2D eigenvalue weighted by molar-refractivity contribution is -0.129. The van der Waals surface area contributed by atoms with Crippen LogP contribution in [0.3, 0.4) is 0 Å². The van der Waals surface area contributed by atoms with Crippen LogP contribution in [0.1, 0.15) is 19.3 Å². The first-order valence-electron chi connectivity index (χ1n) is 7.59. The Morgan fingerprint density at radius 1 is 1.35 bits per heavy atom. The van der Waals surface area contributed by atoms with Gasteiger partial charge in [-0.2, -0.15) is 24.9 Å². The second kappa shape index (κ2) is 6.59. The number of nitrogens with zero attached hydrogens (tertiary/aromatic N) is 3. The lowest BCUT2D eigenvalue weighted by Crippen LogP contribution is -2.44. The van der Waals surface area contributed by atoms with E-state index in [9.17, 15) is 13.2 Å². The minimum absolute atomic E-state index is 0.163. The van der Waals surface area contributed by atoms with Crippen molar-refractivity contribution in [3.05, 3.63) is 18.6 Å². The summed E-state index contributed by atoms with van der Waals surface area (Å²) in [5.74, 6) is 2.38. The van der Waals surface area contributed by atoms with Crippen molar-refractivity contribution in [3.63, 3.8) is 0 Å². The van der Waals surface area contributed by atoms with Crippen molar-refractivity contribution in [2.75, 3.05) is 23.5 Å². The Kier molecular flexibility index (Phi) is 4.70. The van der Waals surface area contributed by atoms with E-state index in [2.05, 4.69) is 19.9 Å². The van der Waals surface area contributed by atoms with E-state index in [1.807, 2.05) is 19.3 Å². The van der Waals surface area contributed by atoms with Crippen LogP contribution < -0.4 is 4.90 Å². The van der Waals surface area contributed by atoms with Gasteiger partial charge in [-0.3, -0.25) is 0 Å². The largest absolute Gasteiger partial charge is 0.389 e. The van der Waals surface area contributed by atoms with Gasteiger partial charge in [0, 0.05) is 25.0 Å². The van der Waals surface area contributed by atoms with Gasteiger partial charge in [0.1, 0.15) is 17.8 Å². The third-order valence-corrected chi connectivity index (χ3v) is 5.51. The van der Waals surface area contributed by atoms with Crippen LogP contribution in [0.4, 0.5) is 19.0 Å². The molecule has 4 nitrogen and oxygen atoms in total. The summed E-state index contributed by atoms with van der Waals surface area (Å²) in [5.41, 5.74) is 0.820. The standard InChI is InChI=1S/C15H19F3N4S/c1-22(14-12-2-4-19-13(12)20-9-21-14)11-6-10(7-11)8-23-5-3-15(16,17)18/h2,4,9-11H,3,5-8H2,1H3,(H,19,20,21)/t10-,11+. The van der Waals surface area contributed by atoms with Crippen LogP contribution in [-0.4, -0.2) is 45.7 Å². The van der Waals surface area contributed by atoms with Crippen LogP contribution in [0.2, 0.25) is 0 Å². The Bertz CT molecular complexity index is 651. The maximum atomic E-state index is 12.1. The summed E-state index contributed by atoms with van der Waals surface area (Å²) >= 11 is 1.41. The minimum atomic E-state index is -4.04. The fraction of sp³-hybridized carbons (Fsp3) is 0.600. The Hall–Kier alpha value is -1.44. The highest BCUT2D eigenvalue weighted by atomic mass is 32.2. The van der Waals surface area contributed by atoms with Crippen LogP contribution in [0.15, 0.2) is 18.6 Å². The zero-order chi connectivity index (χ0) is 16.4. The minimum Gasteiger partial charge on any atom is -0.356 e. The van der Waals surface area contributed by atoms with E-state index >= 15 is 0 Å². The molecular formula is C15H19F3N4S. The first-order chi connectivity index (χ1) is 10.9. The van der Waals surface area contributed by atoms with Gasteiger partial charge in [-0.15, -0.1) is 0 Å². The fourth-order valence-corrected chi connectivity index (χ4v) is 4.05. The number of fused-ring (bicyclic) bond motifs is 1. The van der Waals surface area contributed by atoms with Gasteiger partial charge in [-0.1, -0.05) is 0 Å². The van der Waals surface area contributed by atoms with Crippen LogP contribution >= 0.6 is 11.8 Å². The molecular weight excluding hydrogens is 325 g/mol. The van der Waals surface area contributed by atoms with Crippen molar-refractivity contribution in [2.45, 2.75) is 31.5 Å². The summed E-state index contributed by atoms with van der Waals surface area (Å²) in [7, 11) is 2.02. The maximum absolute atomic E-state index is 12.1. The normalized spacial score (nSPS) is 21.4. The summed E-state index contributed by atoms with van der Waals surface area (Å²) in [5, 5.41) is 0.998. The number of anilines is 1. The second-order valence-corrected chi connectivity index (χ2v) is 7.13. The predicted octanol–water partition coefficient (Wildman–Crippen LogP) is 3.86. The quantitative estimate of drug-likeness (QED) is 0.808. The summed E-state index contributed by atoms with van der Waals surface area (Å²) in [6.07, 6.45) is 0.673. The zero-order valence-corrected chi connectivity index (χ0v) is 13.6. The fourth-order valence-electron chi connectivity index (χ4n) is 2.90. The number of thioether (sulfide) groups is 1. The van der Waals surface area contributed by atoms with E-state index in [4.69, 9.17) is 0 Å². The molecule has 2 aromatic heterocycles. The zero-order valence-electron chi connectivity index (χ0n) is 12.8. The first-order valence-corrected chi connectivity index (χ1v) is 8.75. The number of hydrogen-bond donors (Lipinski definition) is 1. The number of nitrogens with one attached hydrogen (secondary N) is 1. The molecule has 0 unspecified atom stereocenters. The Labute approximate surface area is 136 Å². The molecule has 0 atom stereocenters. The number of halogens is 3. The van der Waals surface area contributed by atoms with Crippen molar-refractivity contribution < 1.29 is 13.2 Å². The molecule has 0 aliphatic heterocycles. The molecule has 0 saturated heterocycles. The topological polar surface area (TPSA) is 44.8 Å². The monoisotopic (exact) mass is 344 g/mol. The molecule has 3 rings (SSSR count). The van der Waals surface area contributed by atoms with E-state index < -0.39 is 12.6 Å². The highest BCUT2D eigenvalue weighted by molar-refractivity contribution is 7.99. The van der Waals surface area contributed by atoms with Crippen molar-refractivity contribution in [3.8, 4) is 0 Å². The van der Waals surface area contributed by atoms with E-state index in [1.165, 1.54) is 11.8 Å². The predicted molar refractivity (Wildman–Crippen MR) is 86.8 cm³/mol. The van der Waals surface area contributed by atoms with Crippen LogP contribution in [0.25, 0.3) is 11.0 Å². The Morgan fingerprint density at radius 3 is 2.87 bits per heavy atom. The van der Waals surface area contributed by atoms with Gasteiger partial charge < -0.3 is 9.88 Å². The molecule has 0 amide bonds. The molecule has 0 spiro atoms. The molecule has 1 aliphatic carbocycles. The average molecular weight is 344 g/mol. The average Bonchev–Trinajstić information content (AvgIpc) is 2.91. The molecule has 2 aromatic rings. The summed E-state index contributed by atoms with van der Waals surface area (Å²) < 4.78 is 36.3. The summed E-state index contributed by atoms with van der Waals surface area (Å²) in [6.45, 7) is 0. The van der Waals surface area contributed by atoms with Crippen molar-refractivity contribution in [2.24, 2.45) is 5.92 Å². The second-order valence-electron chi connectivity index (χ2n) is 5.98. The molecule has 126 valence electrons. The van der Waals surface area contributed by atoms with Gasteiger partial charge in [0.05, 0.1) is 11.8 Å². The molecule has 1 N–H and O–H groups in total. The Morgan fingerprint density at radius 2 is 2.13 bits per heavy atom. The maximum Gasteiger partial charge on any atom is 0.389 e. The molecule has 1 fully saturated rings. The van der Waals surface area contributed by atoms with Gasteiger partial charge in [0.15, 0.2) is 0 Å². The summed E-state index contributed by atoms with van der Waals surface area (Å²) in [6, 6.07) is 2.36. The van der Waals surface area contributed by atoms with Crippen molar-refractivity contribution in [1.29, 1.82) is 0 Å². The van der Waals surface area contributed by atoms with Crippen LogP contribution in [0, 0.1) is 5.92 Å². The number of alkyl halides is 3. The van der Waals surface area contributed by atoms with Gasteiger partial charge in [-0.05, 0) is 30.6 Å². The van der Waals surface area contributed by atoms with E-state index in [1.54, 1.807) is 6.33 Å². The van der Waals surface area contributed by atoms with Gasteiger partial charge >= 0.3 is 6.18 Å². The van der Waals surface area contributed by atoms with Crippen LogP contribution in [-0.2, 0) is 0 Å². The molecule has 2 heterocycles.